The third kappa shape index (κ3) is 3.79. The third-order valence-electron chi connectivity index (χ3n) is 3.21. The number of hydrogen-bond donors (Lipinski definition) is 1. The van der Waals surface area contributed by atoms with E-state index in [1.165, 1.54) is 12.1 Å². The Morgan fingerprint density at radius 1 is 1.41 bits per heavy atom. The fraction of sp³-hybridized carbons (Fsp3) is 0.643. The summed E-state index contributed by atoms with van der Waals surface area (Å²) in [7, 11) is 0. The summed E-state index contributed by atoms with van der Waals surface area (Å²) < 4.78 is 0. The lowest BCUT2D eigenvalue weighted by atomic mass is 10.1. The zero-order valence-electron chi connectivity index (χ0n) is 11.2. The fourth-order valence-electron chi connectivity index (χ4n) is 2.48. The van der Waals surface area contributed by atoms with Crippen molar-refractivity contribution in [2.24, 2.45) is 0 Å². The Morgan fingerprint density at radius 2 is 2.24 bits per heavy atom. The predicted molar refractivity (Wildman–Crippen MR) is 70.9 cm³/mol. The highest BCUT2D eigenvalue weighted by Gasteiger charge is 2.23. The highest BCUT2D eigenvalue weighted by atomic mass is 15.2. The first-order valence-corrected chi connectivity index (χ1v) is 6.45. The van der Waals surface area contributed by atoms with Gasteiger partial charge in [0.15, 0.2) is 0 Å². The number of hydrogen-bond acceptors (Lipinski definition) is 3. The summed E-state index contributed by atoms with van der Waals surface area (Å²) in [5.41, 5.74) is 2.50. The molecule has 0 aliphatic carbocycles. The van der Waals surface area contributed by atoms with E-state index >= 15 is 0 Å². The summed E-state index contributed by atoms with van der Waals surface area (Å²) in [6.07, 6.45) is 1.22. The molecule has 1 aliphatic heterocycles. The molecule has 2 heterocycles. The maximum Gasteiger partial charge on any atom is 0.0547 e. The predicted octanol–water partition coefficient (Wildman–Crippen LogP) is 1.96. The first-order valence-electron chi connectivity index (χ1n) is 6.45. The monoisotopic (exact) mass is 233 g/mol. The van der Waals surface area contributed by atoms with Crippen LogP contribution in [-0.2, 0) is 6.54 Å². The zero-order valence-corrected chi connectivity index (χ0v) is 11.2. The van der Waals surface area contributed by atoms with Gasteiger partial charge in [0, 0.05) is 24.3 Å². The second-order valence-corrected chi connectivity index (χ2v) is 5.65. The maximum absolute atomic E-state index is 4.58. The summed E-state index contributed by atoms with van der Waals surface area (Å²) >= 11 is 0. The number of rotatable bonds is 2. The fourth-order valence-corrected chi connectivity index (χ4v) is 2.48. The van der Waals surface area contributed by atoms with Gasteiger partial charge in [-0.3, -0.25) is 9.88 Å². The van der Waals surface area contributed by atoms with E-state index in [-0.39, 0.29) is 5.54 Å². The van der Waals surface area contributed by atoms with Crippen molar-refractivity contribution in [3.8, 4) is 0 Å². The van der Waals surface area contributed by atoms with E-state index in [1.807, 2.05) is 0 Å². The van der Waals surface area contributed by atoms with Crippen LogP contribution >= 0.6 is 0 Å². The average molecular weight is 233 g/mol. The smallest absolute Gasteiger partial charge is 0.0547 e. The number of nitrogens with zero attached hydrogens (tertiary/aromatic N) is 2. The molecule has 1 fully saturated rings. The van der Waals surface area contributed by atoms with E-state index in [0.29, 0.717) is 0 Å². The molecular formula is C14H23N3. The second kappa shape index (κ2) is 5.15. The van der Waals surface area contributed by atoms with Gasteiger partial charge in [0.2, 0.25) is 0 Å². The molecule has 1 aromatic rings. The molecule has 1 N–H and O–H groups in total. The van der Waals surface area contributed by atoms with E-state index in [0.717, 1.165) is 31.9 Å². The van der Waals surface area contributed by atoms with Gasteiger partial charge in [-0.1, -0.05) is 6.07 Å². The van der Waals surface area contributed by atoms with E-state index in [1.54, 1.807) is 0 Å². The zero-order chi connectivity index (χ0) is 12.3. The largest absolute Gasteiger partial charge is 0.310 e. The summed E-state index contributed by atoms with van der Waals surface area (Å²) in [4.78, 5) is 7.09. The van der Waals surface area contributed by atoms with Crippen LogP contribution in [0, 0.1) is 6.92 Å². The molecule has 2 rings (SSSR count). The first kappa shape index (κ1) is 12.5. The summed E-state index contributed by atoms with van der Waals surface area (Å²) in [5.74, 6) is 0. The minimum absolute atomic E-state index is 0.209. The minimum Gasteiger partial charge on any atom is -0.310 e. The van der Waals surface area contributed by atoms with Crippen molar-refractivity contribution in [2.75, 3.05) is 19.6 Å². The molecule has 0 aromatic carbocycles. The summed E-state index contributed by atoms with van der Waals surface area (Å²) in [6.45, 7) is 10.9. The molecule has 0 bridgehead atoms. The molecule has 0 radical (unpaired) electrons. The minimum atomic E-state index is 0.209. The van der Waals surface area contributed by atoms with Gasteiger partial charge in [-0.25, -0.2) is 0 Å². The van der Waals surface area contributed by atoms with Gasteiger partial charge in [0.1, 0.15) is 0 Å². The standard InChI is InChI=1S/C14H23N3/c1-12-6-4-7-13(16-12)10-17-9-5-8-15-14(2,3)11-17/h4,6-7,15H,5,8-11H2,1-3H3. The SMILES string of the molecule is Cc1cccc(CN2CCCNC(C)(C)C2)n1. The first-order chi connectivity index (χ1) is 8.05. The lowest BCUT2D eigenvalue weighted by molar-refractivity contribution is 0.221. The van der Waals surface area contributed by atoms with Crippen LogP contribution in [-0.4, -0.2) is 35.1 Å². The number of aromatic nitrogens is 1. The Labute approximate surface area is 104 Å². The molecule has 0 saturated carbocycles. The Hall–Kier alpha value is -0.930. The van der Waals surface area contributed by atoms with Crippen molar-refractivity contribution >= 4 is 0 Å². The highest BCUT2D eigenvalue weighted by Crippen LogP contribution is 2.13. The lowest BCUT2D eigenvalue weighted by Crippen LogP contribution is -2.46. The van der Waals surface area contributed by atoms with Gasteiger partial charge in [-0.2, -0.15) is 0 Å². The van der Waals surface area contributed by atoms with Crippen molar-refractivity contribution in [2.45, 2.75) is 39.3 Å². The molecule has 0 unspecified atom stereocenters. The molecule has 0 atom stereocenters. The van der Waals surface area contributed by atoms with Crippen molar-refractivity contribution < 1.29 is 0 Å². The highest BCUT2D eigenvalue weighted by molar-refractivity contribution is 5.10. The van der Waals surface area contributed by atoms with Gasteiger partial charge in [0.05, 0.1) is 5.69 Å². The van der Waals surface area contributed by atoms with E-state index < -0.39 is 0 Å². The van der Waals surface area contributed by atoms with Crippen LogP contribution in [0.5, 0.6) is 0 Å². The van der Waals surface area contributed by atoms with Gasteiger partial charge in [-0.05, 0) is 52.4 Å². The van der Waals surface area contributed by atoms with Crippen molar-refractivity contribution in [3.63, 3.8) is 0 Å². The van der Waals surface area contributed by atoms with E-state index in [9.17, 15) is 0 Å². The molecule has 17 heavy (non-hydrogen) atoms. The van der Waals surface area contributed by atoms with Crippen LogP contribution < -0.4 is 5.32 Å². The molecular weight excluding hydrogens is 210 g/mol. The maximum atomic E-state index is 4.58. The van der Waals surface area contributed by atoms with Gasteiger partial charge in [0.25, 0.3) is 0 Å². The van der Waals surface area contributed by atoms with Gasteiger partial charge >= 0.3 is 0 Å². The van der Waals surface area contributed by atoms with E-state index in [4.69, 9.17) is 0 Å². The van der Waals surface area contributed by atoms with E-state index in [2.05, 4.69) is 54.2 Å². The molecule has 3 heteroatoms. The second-order valence-electron chi connectivity index (χ2n) is 5.65. The number of nitrogens with one attached hydrogen (secondary N) is 1. The van der Waals surface area contributed by atoms with Crippen LogP contribution in [0.2, 0.25) is 0 Å². The average Bonchev–Trinajstić information content (AvgIpc) is 2.39. The summed E-state index contributed by atoms with van der Waals surface area (Å²) in [5, 5.41) is 3.59. The third-order valence-corrected chi connectivity index (χ3v) is 3.21. The van der Waals surface area contributed by atoms with Crippen LogP contribution in [0.25, 0.3) is 0 Å². The molecule has 1 saturated heterocycles. The summed E-state index contributed by atoms with van der Waals surface area (Å²) in [6, 6.07) is 6.27. The van der Waals surface area contributed by atoms with Crippen LogP contribution in [0.4, 0.5) is 0 Å². The quantitative estimate of drug-likeness (QED) is 0.846. The van der Waals surface area contributed by atoms with Crippen LogP contribution in [0.3, 0.4) is 0 Å². The molecule has 1 aliphatic rings. The molecule has 94 valence electrons. The topological polar surface area (TPSA) is 28.2 Å². The van der Waals surface area contributed by atoms with Crippen molar-refractivity contribution in [1.82, 2.24) is 15.2 Å². The Bertz CT molecular complexity index is 373. The van der Waals surface area contributed by atoms with Crippen LogP contribution in [0.1, 0.15) is 31.7 Å². The molecule has 1 aromatic heterocycles. The molecule has 3 nitrogen and oxygen atoms in total. The van der Waals surface area contributed by atoms with Gasteiger partial charge in [-0.15, -0.1) is 0 Å². The Kier molecular flexibility index (Phi) is 3.79. The number of aryl methyl sites for hydroxylation is 1. The normalized spacial score (nSPS) is 21.1. The lowest BCUT2D eigenvalue weighted by Gasteiger charge is -2.29. The Morgan fingerprint density at radius 3 is 3.00 bits per heavy atom. The number of pyridine rings is 1. The van der Waals surface area contributed by atoms with Crippen molar-refractivity contribution in [1.29, 1.82) is 0 Å². The van der Waals surface area contributed by atoms with Crippen LogP contribution in [0.15, 0.2) is 18.2 Å². The van der Waals surface area contributed by atoms with Gasteiger partial charge < -0.3 is 5.32 Å². The van der Waals surface area contributed by atoms with Crippen molar-refractivity contribution in [3.05, 3.63) is 29.6 Å². The molecule has 0 amide bonds. The molecule has 0 spiro atoms. The Balaban J connectivity index is 2.02.